The minimum Gasteiger partial charge on any atom is -0.260 e. The Bertz CT molecular complexity index is 170. The van der Waals surface area contributed by atoms with Crippen molar-refractivity contribution in [3.05, 3.63) is 0 Å². The largest absolute Gasteiger partial charge is 0.260 e. The first kappa shape index (κ1) is 6.84. The molecule has 1 aliphatic heterocycles. The molecule has 0 N–H and O–H groups in total. The van der Waals surface area contributed by atoms with Crippen molar-refractivity contribution in [3.63, 3.8) is 0 Å². The predicted octanol–water partition coefficient (Wildman–Crippen LogP) is 1.41. The fraction of sp³-hybridized carbons (Fsp3) is 1.00. The Labute approximate surface area is 64.7 Å². The van der Waals surface area contributed by atoms with Crippen molar-refractivity contribution < 1.29 is 4.21 Å². The Hall–Kier alpha value is 0.150. The first-order valence-corrected chi connectivity index (χ1v) is 5.49. The molecule has 2 atom stereocenters. The van der Waals surface area contributed by atoms with Gasteiger partial charge in [0, 0.05) is 22.3 Å². The van der Waals surface area contributed by atoms with Crippen molar-refractivity contribution in [2.75, 3.05) is 11.5 Å². The lowest BCUT2D eigenvalue weighted by molar-refractivity contribution is 0.000993. The van der Waals surface area contributed by atoms with Gasteiger partial charge < -0.3 is 0 Å². The van der Waals surface area contributed by atoms with Gasteiger partial charge in [0.15, 0.2) is 0 Å². The van der Waals surface area contributed by atoms with Crippen LogP contribution in [0.25, 0.3) is 0 Å². The highest BCUT2D eigenvalue weighted by molar-refractivity contribution is 7.86. The second-order valence-corrected chi connectivity index (χ2v) is 5.46. The van der Waals surface area contributed by atoms with Crippen LogP contribution in [0, 0.1) is 17.3 Å². The predicted molar refractivity (Wildman–Crippen MR) is 43.3 cm³/mol. The summed E-state index contributed by atoms with van der Waals surface area (Å²) < 4.78 is 10.9. The van der Waals surface area contributed by atoms with E-state index in [1.807, 2.05) is 0 Å². The third kappa shape index (κ3) is 0.609. The molecule has 0 radical (unpaired) electrons. The van der Waals surface area contributed by atoms with E-state index in [4.69, 9.17) is 0 Å². The summed E-state index contributed by atoms with van der Waals surface area (Å²) in [6, 6.07) is 0. The molecule has 2 unspecified atom stereocenters. The number of hydrogen-bond acceptors (Lipinski definition) is 1. The first-order chi connectivity index (χ1) is 4.65. The van der Waals surface area contributed by atoms with Gasteiger partial charge in [-0.15, -0.1) is 0 Å². The summed E-state index contributed by atoms with van der Waals surface area (Å²) >= 11 is 0. The Balaban J connectivity index is 2.10. The molecule has 0 aromatic rings. The lowest BCUT2D eigenvalue weighted by Gasteiger charge is -2.59. The summed E-state index contributed by atoms with van der Waals surface area (Å²) in [5.41, 5.74) is 0.533. The molecule has 1 spiro atoms. The molecule has 2 aliphatic rings. The first-order valence-electron chi connectivity index (χ1n) is 4.00. The molecular formula is C8H14OS. The van der Waals surface area contributed by atoms with Crippen LogP contribution in [-0.2, 0) is 10.8 Å². The molecule has 1 heterocycles. The summed E-state index contributed by atoms with van der Waals surface area (Å²) in [4.78, 5) is 0. The highest BCUT2D eigenvalue weighted by atomic mass is 32.2. The van der Waals surface area contributed by atoms with Crippen LogP contribution < -0.4 is 0 Å². The van der Waals surface area contributed by atoms with Gasteiger partial charge in [-0.25, -0.2) is 0 Å². The van der Waals surface area contributed by atoms with Crippen molar-refractivity contribution >= 4 is 10.8 Å². The maximum absolute atomic E-state index is 10.9. The Morgan fingerprint density at radius 2 is 1.80 bits per heavy atom. The van der Waals surface area contributed by atoms with Gasteiger partial charge in [-0.3, -0.25) is 4.21 Å². The third-order valence-corrected chi connectivity index (χ3v) is 5.25. The van der Waals surface area contributed by atoms with Crippen LogP contribution in [0.2, 0.25) is 0 Å². The monoisotopic (exact) mass is 158 g/mol. The summed E-state index contributed by atoms with van der Waals surface area (Å²) in [6.45, 7) is 4.60. The van der Waals surface area contributed by atoms with Crippen molar-refractivity contribution in [2.45, 2.75) is 20.3 Å². The zero-order chi connectivity index (χ0) is 7.35. The van der Waals surface area contributed by atoms with E-state index in [-0.39, 0.29) is 0 Å². The van der Waals surface area contributed by atoms with E-state index in [9.17, 15) is 4.21 Å². The van der Waals surface area contributed by atoms with Gasteiger partial charge in [0.05, 0.1) is 0 Å². The molecule has 0 bridgehead atoms. The minimum absolute atomic E-state index is 0.451. The average molecular weight is 158 g/mol. The van der Waals surface area contributed by atoms with Gasteiger partial charge in [0.1, 0.15) is 0 Å². The van der Waals surface area contributed by atoms with E-state index in [0.29, 0.717) is 5.41 Å². The standard InChI is InChI=1S/C8H14OS/c1-6-3-7(2)8(6)4-10(9)5-8/h6-7H,3-5H2,1-2H3. The molecule has 1 nitrogen and oxygen atoms in total. The quantitative estimate of drug-likeness (QED) is 0.521. The highest BCUT2D eigenvalue weighted by Gasteiger charge is 2.57. The van der Waals surface area contributed by atoms with E-state index in [1.165, 1.54) is 6.42 Å². The van der Waals surface area contributed by atoms with Crippen molar-refractivity contribution in [3.8, 4) is 0 Å². The Morgan fingerprint density at radius 3 is 2.00 bits per heavy atom. The molecule has 58 valence electrons. The van der Waals surface area contributed by atoms with Gasteiger partial charge in [-0.05, 0) is 23.7 Å². The van der Waals surface area contributed by atoms with Crippen molar-refractivity contribution in [2.24, 2.45) is 17.3 Å². The highest BCUT2D eigenvalue weighted by Crippen LogP contribution is 2.56. The van der Waals surface area contributed by atoms with E-state index in [1.54, 1.807) is 0 Å². The Morgan fingerprint density at radius 1 is 1.30 bits per heavy atom. The smallest absolute Gasteiger partial charge is 0.0305 e. The normalized spacial score (nSPS) is 59.6. The maximum Gasteiger partial charge on any atom is 0.0305 e. The zero-order valence-corrected chi connectivity index (χ0v) is 7.41. The maximum atomic E-state index is 10.9. The zero-order valence-electron chi connectivity index (χ0n) is 6.59. The van der Waals surface area contributed by atoms with Crippen LogP contribution in [0.4, 0.5) is 0 Å². The molecule has 1 saturated heterocycles. The molecule has 0 aromatic heterocycles. The van der Waals surface area contributed by atoms with Gasteiger partial charge in [0.25, 0.3) is 0 Å². The number of rotatable bonds is 0. The molecule has 1 saturated carbocycles. The van der Waals surface area contributed by atoms with E-state index in [2.05, 4.69) is 13.8 Å². The molecule has 0 aromatic carbocycles. The molecule has 10 heavy (non-hydrogen) atoms. The molecule has 2 heteroatoms. The van der Waals surface area contributed by atoms with E-state index >= 15 is 0 Å². The molecule has 2 rings (SSSR count). The van der Waals surface area contributed by atoms with E-state index in [0.717, 1.165) is 23.3 Å². The second-order valence-electron chi connectivity index (χ2n) is 4.00. The molecule has 2 fully saturated rings. The number of hydrogen-bond donors (Lipinski definition) is 0. The fourth-order valence-corrected chi connectivity index (χ4v) is 4.70. The van der Waals surface area contributed by atoms with Crippen LogP contribution in [-0.4, -0.2) is 15.7 Å². The van der Waals surface area contributed by atoms with Gasteiger partial charge >= 0.3 is 0 Å². The minimum atomic E-state index is -0.451. The SMILES string of the molecule is CC1CC(C)C12CS(=O)C2. The lowest BCUT2D eigenvalue weighted by Crippen LogP contribution is -2.60. The van der Waals surface area contributed by atoms with Crippen LogP contribution in [0.15, 0.2) is 0 Å². The molecule has 0 amide bonds. The van der Waals surface area contributed by atoms with Gasteiger partial charge in [0.2, 0.25) is 0 Å². The summed E-state index contributed by atoms with van der Waals surface area (Å²) in [5.74, 6) is 3.69. The fourth-order valence-electron chi connectivity index (χ4n) is 2.45. The molecule has 1 aliphatic carbocycles. The summed E-state index contributed by atoms with van der Waals surface area (Å²) in [5, 5.41) is 0. The topological polar surface area (TPSA) is 17.1 Å². The average Bonchev–Trinajstić information content (AvgIpc) is 1.81. The lowest BCUT2D eigenvalue weighted by atomic mass is 9.55. The van der Waals surface area contributed by atoms with Gasteiger partial charge in [-0.1, -0.05) is 13.8 Å². The van der Waals surface area contributed by atoms with Crippen LogP contribution in [0.3, 0.4) is 0 Å². The van der Waals surface area contributed by atoms with Crippen molar-refractivity contribution in [1.29, 1.82) is 0 Å². The van der Waals surface area contributed by atoms with Crippen molar-refractivity contribution in [1.82, 2.24) is 0 Å². The van der Waals surface area contributed by atoms with Crippen LogP contribution in [0.5, 0.6) is 0 Å². The third-order valence-electron chi connectivity index (χ3n) is 3.53. The van der Waals surface area contributed by atoms with E-state index < -0.39 is 10.8 Å². The molecular weight excluding hydrogens is 144 g/mol. The second kappa shape index (κ2) is 1.84. The summed E-state index contributed by atoms with van der Waals surface area (Å²) in [6.07, 6.45) is 1.36. The van der Waals surface area contributed by atoms with Gasteiger partial charge in [-0.2, -0.15) is 0 Å². The Kier molecular flexibility index (Phi) is 1.26. The summed E-state index contributed by atoms with van der Waals surface area (Å²) in [7, 11) is -0.451. The van der Waals surface area contributed by atoms with Crippen LogP contribution in [0.1, 0.15) is 20.3 Å². The van der Waals surface area contributed by atoms with Crippen LogP contribution >= 0.6 is 0 Å².